The van der Waals surface area contributed by atoms with E-state index >= 15 is 0 Å². The van der Waals surface area contributed by atoms with Crippen LogP contribution in [0.1, 0.15) is 39.6 Å². The Bertz CT molecular complexity index is 695. The molecule has 108 valence electrons. The third-order valence-electron chi connectivity index (χ3n) is 3.92. The zero-order chi connectivity index (χ0) is 15.0. The Morgan fingerprint density at radius 3 is 2.57 bits per heavy atom. The molecular weight excluding hydrogens is 266 g/mol. The molecule has 2 aromatic rings. The maximum atomic E-state index is 12.4. The molecule has 0 saturated heterocycles. The van der Waals surface area contributed by atoms with Crippen molar-refractivity contribution in [3.05, 3.63) is 46.8 Å². The first-order chi connectivity index (χ1) is 10.1. The third kappa shape index (κ3) is 2.46. The zero-order valence-electron chi connectivity index (χ0n) is 12.1. The lowest BCUT2D eigenvalue weighted by Gasteiger charge is -2.24. The van der Waals surface area contributed by atoms with Crippen LogP contribution in [0.2, 0.25) is 0 Å². The maximum absolute atomic E-state index is 12.4. The van der Waals surface area contributed by atoms with E-state index in [1.54, 1.807) is 7.11 Å². The van der Waals surface area contributed by atoms with E-state index in [4.69, 9.17) is 10.5 Å². The lowest BCUT2D eigenvalue weighted by molar-refractivity contribution is 0.0962. The number of nitrogen functional groups attached to an aromatic ring is 1. The molecule has 0 fully saturated rings. The number of aryl methyl sites for hydroxylation is 1. The third-order valence-corrected chi connectivity index (χ3v) is 3.92. The number of anilines is 1. The molecule has 1 heterocycles. The SMILES string of the molecule is COc1ccc(C2CC(=O)c3c(C)nc(N)nc3C2)cc1. The Morgan fingerprint density at radius 1 is 1.19 bits per heavy atom. The van der Waals surface area contributed by atoms with Gasteiger partial charge in [0.1, 0.15) is 5.75 Å². The molecule has 0 radical (unpaired) electrons. The summed E-state index contributed by atoms with van der Waals surface area (Å²) < 4.78 is 5.16. The first kappa shape index (κ1) is 13.5. The minimum Gasteiger partial charge on any atom is -0.497 e. The van der Waals surface area contributed by atoms with Gasteiger partial charge < -0.3 is 10.5 Å². The highest BCUT2D eigenvalue weighted by atomic mass is 16.5. The summed E-state index contributed by atoms with van der Waals surface area (Å²) in [7, 11) is 1.64. The summed E-state index contributed by atoms with van der Waals surface area (Å²) in [5.74, 6) is 1.26. The van der Waals surface area contributed by atoms with Crippen molar-refractivity contribution in [2.75, 3.05) is 12.8 Å². The molecule has 1 atom stereocenters. The predicted molar refractivity (Wildman–Crippen MR) is 79.6 cm³/mol. The first-order valence-electron chi connectivity index (χ1n) is 6.88. The van der Waals surface area contributed by atoms with Crippen LogP contribution in [-0.2, 0) is 6.42 Å². The molecule has 1 aromatic heterocycles. The highest BCUT2D eigenvalue weighted by Crippen LogP contribution is 2.33. The monoisotopic (exact) mass is 283 g/mol. The summed E-state index contributed by atoms with van der Waals surface area (Å²) >= 11 is 0. The molecule has 1 aromatic carbocycles. The minimum absolute atomic E-state index is 0.0922. The van der Waals surface area contributed by atoms with E-state index in [9.17, 15) is 4.79 Å². The molecular formula is C16H17N3O2. The molecule has 3 rings (SSSR count). The molecule has 1 unspecified atom stereocenters. The van der Waals surface area contributed by atoms with Crippen LogP contribution in [0.15, 0.2) is 24.3 Å². The van der Waals surface area contributed by atoms with E-state index in [-0.39, 0.29) is 17.6 Å². The number of fused-ring (bicyclic) bond motifs is 1. The lowest BCUT2D eigenvalue weighted by Crippen LogP contribution is -2.22. The van der Waals surface area contributed by atoms with Gasteiger partial charge in [0.05, 0.1) is 24.1 Å². The van der Waals surface area contributed by atoms with E-state index in [0.29, 0.717) is 24.1 Å². The van der Waals surface area contributed by atoms with Gasteiger partial charge in [-0.1, -0.05) is 12.1 Å². The van der Waals surface area contributed by atoms with Crippen LogP contribution in [0.3, 0.4) is 0 Å². The van der Waals surface area contributed by atoms with Crippen molar-refractivity contribution in [1.29, 1.82) is 0 Å². The Kier molecular flexibility index (Phi) is 3.33. The minimum atomic E-state index is 0.0922. The summed E-state index contributed by atoms with van der Waals surface area (Å²) in [5.41, 5.74) is 8.90. The van der Waals surface area contributed by atoms with Gasteiger partial charge >= 0.3 is 0 Å². The molecule has 21 heavy (non-hydrogen) atoms. The number of hydrogen-bond acceptors (Lipinski definition) is 5. The second kappa shape index (κ2) is 5.16. The molecule has 2 N–H and O–H groups in total. The van der Waals surface area contributed by atoms with Crippen molar-refractivity contribution >= 4 is 11.7 Å². The van der Waals surface area contributed by atoms with Crippen LogP contribution in [-0.4, -0.2) is 22.9 Å². The van der Waals surface area contributed by atoms with Crippen molar-refractivity contribution < 1.29 is 9.53 Å². The lowest BCUT2D eigenvalue weighted by atomic mass is 9.81. The molecule has 5 heteroatoms. The number of ketones is 1. The largest absolute Gasteiger partial charge is 0.497 e. The zero-order valence-corrected chi connectivity index (χ0v) is 12.1. The van der Waals surface area contributed by atoms with Crippen LogP contribution in [0.4, 0.5) is 5.95 Å². The van der Waals surface area contributed by atoms with Crippen molar-refractivity contribution in [1.82, 2.24) is 9.97 Å². The summed E-state index contributed by atoms with van der Waals surface area (Å²) in [4.78, 5) is 20.7. The number of benzene rings is 1. The van der Waals surface area contributed by atoms with Crippen molar-refractivity contribution in [3.63, 3.8) is 0 Å². The summed E-state index contributed by atoms with van der Waals surface area (Å²) in [5, 5.41) is 0. The van der Waals surface area contributed by atoms with Crippen molar-refractivity contribution in [2.45, 2.75) is 25.7 Å². The molecule has 0 amide bonds. The van der Waals surface area contributed by atoms with Crippen LogP contribution in [0.25, 0.3) is 0 Å². The van der Waals surface area contributed by atoms with E-state index in [1.807, 2.05) is 31.2 Å². The number of ether oxygens (including phenoxy) is 1. The van der Waals surface area contributed by atoms with Crippen LogP contribution in [0.5, 0.6) is 5.75 Å². The second-order valence-electron chi connectivity index (χ2n) is 5.29. The van der Waals surface area contributed by atoms with E-state index in [1.165, 1.54) is 0 Å². The van der Waals surface area contributed by atoms with Crippen LogP contribution in [0, 0.1) is 6.92 Å². The van der Waals surface area contributed by atoms with Crippen molar-refractivity contribution in [2.24, 2.45) is 0 Å². The topological polar surface area (TPSA) is 78.1 Å². The van der Waals surface area contributed by atoms with Gasteiger partial charge in [-0.15, -0.1) is 0 Å². The highest BCUT2D eigenvalue weighted by molar-refractivity contribution is 5.99. The fourth-order valence-corrected chi connectivity index (χ4v) is 2.91. The van der Waals surface area contributed by atoms with Gasteiger partial charge in [0.2, 0.25) is 5.95 Å². The van der Waals surface area contributed by atoms with Crippen LogP contribution < -0.4 is 10.5 Å². The fourth-order valence-electron chi connectivity index (χ4n) is 2.91. The van der Waals surface area contributed by atoms with E-state index in [0.717, 1.165) is 17.0 Å². The summed E-state index contributed by atoms with van der Waals surface area (Å²) in [6.07, 6.45) is 1.19. The van der Waals surface area contributed by atoms with Crippen molar-refractivity contribution in [3.8, 4) is 5.75 Å². The Morgan fingerprint density at radius 2 is 1.90 bits per heavy atom. The van der Waals surface area contributed by atoms with E-state index in [2.05, 4.69) is 9.97 Å². The van der Waals surface area contributed by atoms with Gasteiger partial charge in [-0.2, -0.15) is 0 Å². The number of rotatable bonds is 2. The maximum Gasteiger partial charge on any atom is 0.220 e. The van der Waals surface area contributed by atoms with E-state index < -0.39 is 0 Å². The first-order valence-corrected chi connectivity index (χ1v) is 6.88. The average molecular weight is 283 g/mol. The summed E-state index contributed by atoms with van der Waals surface area (Å²) in [6.45, 7) is 1.81. The molecule has 1 aliphatic rings. The number of aromatic nitrogens is 2. The normalized spacial score (nSPS) is 17.4. The fraction of sp³-hybridized carbons (Fsp3) is 0.312. The molecule has 0 saturated carbocycles. The average Bonchev–Trinajstić information content (AvgIpc) is 2.46. The van der Waals surface area contributed by atoms with Gasteiger partial charge in [0.15, 0.2) is 5.78 Å². The Balaban J connectivity index is 1.95. The smallest absolute Gasteiger partial charge is 0.220 e. The Labute approximate surface area is 123 Å². The van der Waals surface area contributed by atoms with Gasteiger partial charge in [0.25, 0.3) is 0 Å². The molecule has 0 aliphatic heterocycles. The number of hydrogen-bond donors (Lipinski definition) is 1. The molecule has 0 bridgehead atoms. The van der Waals surface area contributed by atoms with Gasteiger partial charge in [-0.25, -0.2) is 9.97 Å². The number of carbonyl (C=O) groups excluding carboxylic acids is 1. The number of nitrogens with zero attached hydrogens (tertiary/aromatic N) is 2. The molecule has 0 spiro atoms. The predicted octanol–water partition coefficient (Wildman–Crippen LogP) is 2.29. The summed E-state index contributed by atoms with van der Waals surface area (Å²) in [6, 6.07) is 7.82. The molecule has 5 nitrogen and oxygen atoms in total. The van der Waals surface area contributed by atoms with Gasteiger partial charge in [-0.05, 0) is 37.0 Å². The number of nitrogens with two attached hydrogens (primary N) is 1. The quantitative estimate of drug-likeness (QED) is 0.914. The van der Waals surface area contributed by atoms with Gasteiger partial charge in [-0.3, -0.25) is 4.79 Å². The Hall–Kier alpha value is -2.43. The van der Waals surface area contributed by atoms with Gasteiger partial charge in [0, 0.05) is 6.42 Å². The number of Topliss-reactive ketones (excluding diaryl/α,β-unsaturated/α-hetero) is 1. The van der Waals surface area contributed by atoms with Crippen LogP contribution >= 0.6 is 0 Å². The highest BCUT2D eigenvalue weighted by Gasteiger charge is 2.29. The standard InChI is InChI=1S/C16H17N3O2/c1-9-15-13(19-16(17)18-9)7-11(8-14(15)20)10-3-5-12(21-2)6-4-10/h3-6,11H,7-8H2,1-2H3,(H2,17,18,19). The number of carbonyl (C=O) groups is 1. The second-order valence-corrected chi connectivity index (χ2v) is 5.29. The number of methoxy groups -OCH3 is 1. The molecule has 1 aliphatic carbocycles.